The van der Waals surface area contributed by atoms with Crippen molar-refractivity contribution in [1.82, 2.24) is 0 Å². The molecule has 0 saturated heterocycles. The van der Waals surface area contributed by atoms with Gasteiger partial charge in [0.2, 0.25) is 0 Å². The fraction of sp³-hybridized carbons (Fsp3) is 0. The maximum Gasteiger partial charge on any atom is 0.160 e. The van der Waals surface area contributed by atoms with Gasteiger partial charge in [-0.1, -0.05) is 71.5 Å². The van der Waals surface area contributed by atoms with E-state index >= 15 is 0 Å². The minimum absolute atomic E-state index is 1.28. The molecule has 21 heavy (non-hydrogen) atoms. The maximum atomic E-state index is 2.27. The normalized spacial score (nSPS) is 17.1. The Morgan fingerprint density at radius 2 is 1.76 bits per heavy atom. The molecule has 1 nitrogen and oxygen atoms in total. The van der Waals surface area contributed by atoms with Gasteiger partial charge < -0.3 is 0 Å². The number of hydrogen-bond donors (Lipinski definition) is 0. The average Bonchev–Trinajstić information content (AvgIpc) is 2.55. The van der Waals surface area contributed by atoms with Gasteiger partial charge in [-0.3, -0.25) is 0 Å². The summed E-state index contributed by atoms with van der Waals surface area (Å²) in [6, 6.07) is 18.5. The van der Waals surface area contributed by atoms with Crippen LogP contribution in [0.25, 0.3) is 17.3 Å². The molecule has 2 aromatic carbocycles. The van der Waals surface area contributed by atoms with E-state index in [0.29, 0.717) is 0 Å². The first-order valence-corrected chi connectivity index (χ1v) is 7.22. The Bertz CT molecular complexity index is 986. The molecule has 5 rings (SSSR count). The molecule has 0 aromatic heterocycles. The molecular weight excluding hydrogens is 254 g/mol. The highest BCUT2D eigenvalue weighted by Gasteiger charge is 2.32. The zero-order chi connectivity index (χ0) is 13.8. The number of fused-ring (bicyclic) bond motifs is 3. The van der Waals surface area contributed by atoms with E-state index < -0.39 is 0 Å². The van der Waals surface area contributed by atoms with Crippen molar-refractivity contribution >= 4 is 23.6 Å². The molecule has 0 N–H and O–H groups in total. The summed E-state index contributed by atoms with van der Waals surface area (Å²) in [5.41, 5.74) is 5.23. The Morgan fingerprint density at radius 1 is 0.905 bits per heavy atom. The standard InChI is InChI=1S/C20H13N/c1-3-8-16-14(6-1)12-21-13-15-7-2-4-9-17(15)19-11-5-10-18(16)20(19)21/h1-13H. The molecule has 0 unspecified atom stereocenters. The van der Waals surface area contributed by atoms with Crippen LogP contribution in [0.5, 0.6) is 0 Å². The van der Waals surface area contributed by atoms with E-state index in [1.54, 1.807) is 0 Å². The molecule has 1 heteroatoms. The smallest absolute Gasteiger partial charge is 0.160 e. The number of allylic oxidation sites excluding steroid dienone is 2. The third-order valence-electron chi connectivity index (χ3n) is 4.35. The van der Waals surface area contributed by atoms with E-state index in [9.17, 15) is 0 Å². The molecule has 98 valence electrons. The Labute approximate surface area is 123 Å². The third-order valence-corrected chi connectivity index (χ3v) is 4.35. The minimum atomic E-state index is 1.28. The van der Waals surface area contributed by atoms with Crippen molar-refractivity contribution in [3.8, 4) is 0 Å². The van der Waals surface area contributed by atoms with Crippen LogP contribution in [0.4, 0.5) is 0 Å². The van der Waals surface area contributed by atoms with Crippen LogP contribution in [0.1, 0.15) is 11.1 Å². The number of hydrogen-bond acceptors (Lipinski definition) is 0. The Hall–Kier alpha value is -2.80. The van der Waals surface area contributed by atoms with Crippen molar-refractivity contribution in [3.05, 3.63) is 94.4 Å². The van der Waals surface area contributed by atoms with E-state index in [-0.39, 0.29) is 0 Å². The summed E-state index contributed by atoms with van der Waals surface area (Å²) in [4.78, 5) is 0. The second-order valence-electron chi connectivity index (χ2n) is 5.54. The molecule has 0 amide bonds. The van der Waals surface area contributed by atoms with E-state index in [0.717, 1.165) is 0 Å². The highest BCUT2D eigenvalue weighted by molar-refractivity contribution is 6.01. The third kappa shape index (κ3) is 1.40. The lowest BCUT2D eigenvalue weighted by Gasteiger charge is -2.32. The van der Waals surface area contributed by atoms with Crippen molar-refractivity contribution in [2.24, 2.45) is 0 Å². The van der Waals surface area contributed by atoms with Crippen LogP contribution in [0.2, 0.25) is 0 Å². The largest absolute Gasteiger partial charge is 0.236 e. The van der Waals surface area contributed by atoms with Crippen molar-refractivity contribution in [3.63, 3.8) is 0 Å². The number of benzene rings is 2. The summed E-state index contributed by atoms with van der Waals surface area (Å²) in [6.45, 7) is 0. The van der Waals surface area contributed by atoms with Gasteiger partial charge in [0.25, 0.3) is 0 Å². The Balaban J connectivity index is 1.95. The van der Waals surface area contributed by atoms with Crippen molar-refractivity contribution in [2.75, 3.05) is 0 Å². The molecule has 0 bridgehead atoms. The van der Waals surface area contributed by atoms with Gasteiger partial charge in [0.05, 0.1) is 0 Å². The molecule has 0 saturated carbocycles. The van der Waals surface area contributed by atoms with Gasteiger partial charge in [0.15, 0.2) is 6.04 Å². The van der Waals surface area contributed by atoms with E-state index in [2.05, 4.69) is 83.7 Å². The van der Waals surface area contributed by atoms with E-state index in [1.165, 1.54) is 38.8 Å². The van der Waals surface area contributed by atoms with Crippen molar-refractivity contribution < 1.29 is 4.58 Å². The summed E-state index contributed by atoms with van der Waals surface area (Å²) in [7, 11) is 0. The predicted molar refractivity (Wildman–Crippen MR) is 85.8 cm³/mol. The molecule has 0 spiro atoms. The van der Waals surface area contributed by atoms with E-state index in [1.807, 2.05) is 0 Å². The summed E-state index contributed by atoms with van der Waals surface area (Å²) >= 11 is 0. The summed E-state index contributed by atoms with van der Waals surface area (Å²) < 4.78 is 2.27. The quantitative estimate of drug-likeness (QED) is 0.508. The molecule has 0 radical (unpaired) electrons. The van der Waals surface area contributed by atoms with Crippen LogP contribution in [0.3, 0.4) is 0 Å². The molecule has 1 aliphatic carbocycles. The fourth-order valence-corrected chi connectivity index (χ4v) is 3.43. The first-order valence-electron chi connectivity index (χ1n) is 7.22. The monoisotopic (exact) mass is 267 g/mol. The molecule has 0 fully saturated rings. The number of rotatable bonds is 0. The lowest BCUT2D eigenvalue weighted by molar-refractivity contribution is -0.378. The second-order valence-corrected chi connectivity index (χ2v) is 5.54. The number of nitrogens with zero attached hydrogens (tertiary/aromatic N) is 1. The molecule has 0 atom stereocenters. The Morgan fingerprint density at radius 3 is 2.76 bits per heavy atom. The van der Waals surface area contributed by atoms with Gasteiger partial charge >= 0.3 is 0 Å². The highest BCUT2D eigenvalue weighted by atomic mass is 15.0. The molecular formula is C20H13N. The second kappa shape index (κ2) is 3.86. The minimum Gasteiger partial charge on any atom is -0.236 e. The maximum absolute atomic E-state index is 2.27. The summed E-state index contributed by atoms with van der Waals surface area (Å²) in [5, 5.41) is 2.59. The van der Waals surface area contributed by atoms with E-state index in [4.69, 9.17) is 0 Å². The predicted octanol–water partition coefficient (Wildman–Crippen LogP) is 2.22. The first kappa shape index (κ1) is 10.9. The topological polar surface area (TPSA) is 3.01 Å². The van der Waals surface area contributed by atoms with Gasteiger partial charge in [-0.15, -0.1) is 6.08 Å². The van der Waals surface area contributed by atoms with Crippen LogP contribution in [0, 0.1) is 6.04 Å². The lowest BCUT2D eigenvalue weighted by atomic mass is 9.82. The van der Waals surface area contributed by atoms with Crippen LogP contribution >= 0.6 is 0 Å². The van der Waals surface area contributed by atoms with Gasteiger partial charge in [-0.2, -0.15) is 0 Å². The summed E-state index contributed by atoms with van der Waals surface area (Å²) in [5.74, 6) is 0. The average molecular weight is 267 g/mol. The van der Waals surface area contributed by atoms with Gasteiger partial charge in [-0.25, -0.2) is 4.58 Å². The molecule has 2 aromatic rings. The SMILES string of the molecule is C1=CC2=c3ccccc3=C[N+]3=Cc4ccccc4C(=C1)[C-]23. The first-order chi connectivity index (χ1) is 10.4. The molecule has 2 aliphatic heterocycles. The van der Waals surface area contributed by atoms with Crippen molar-refractivity contribution in [1.29, 1.82) is 0 Å². The Kier molecular flexibility index (Phi) is 2.01. The highest BCUT2D eigenvalue weighted by Crippen LogP contribution is 2.40. The molecule has 3 aliphatic rings. The zero-order valence-electron chi connectivity index (χ0n) is 11.5. The lowest BCUT2D eigenvalue weighted by Crippen LogP contribution is -2.39. The van der Waals surface area contributed by atoms with Crippen LogP contribution in [-0.4, -0.2) is 10.8 Å². The summed E-state index contributed by atoms with van der Waals surface area (Å²) in [6.07, 6.45) is 11.1. The molecule has 2 heterocycles. The van der Waals surface area contributed by atoms with Crippen LogP contribution in [-0.2, 0) is 0 Å². The fourth-order valence-electron chi connectivity index (χ4n) is 3.43. The van der Waals surface area contributed by atoms with Crippen LogP contribution in [0.15, 0.2) is 66.8 Å². The zero-order valence-corrected chi connectivity index (χ0v) is 11.5. The van der Waals surface area contributed by atoms with Crippen LogP contribution < -0.4 is 10.4 Å². The van der Waals surface area contributed by atoms with Gasteiger partial charge in [0, 0.05) is 0 Å². The van der Waals surface area contributed by atoms with Gasteiger partial charge in [0.1, 0.15) is 12.4 Å². The van der Waals surface area contributed by atoms with Gasteiger partial charge in [-0.05, 0) is 21.9 Å². The van der Waals surface area contributed by atoms with Crippen molar-refractivity contribution in [2.45, 2.75) is 0 Å².